The fourth-order valence-corrected chi connectivity index (χ4v) is 1.92. The monoisotopic (exact) mass is 286 g/mol. The van der Waals surface area contributed by atoms with Gasteiger partial charge in [0.2, 0.25) is 0 Å². The number of carbonyl (C=O) groups excluding carboxylic acids is 1. The van der Waals surface area contributed by atoms with Crippen molar-refractivity contribution in [3.05, 3.63) is 71.0 Å². The maximum Gasteiger partial charge on any atom is 0.337 e. The second-order valence-electron chi connectivity index (χ2n) is 4.45. The van der Waals surface area contributed by atoms with E-state index in [2.05, 4.69) is 4.74 Å². The Hall–Kier alpha value is -2.46. The van der Waals surface area contributed by atoms with Gasteiger partial charge in [-0.25, -0.2) is 9.18 Å². The number of methoxy groups -OCH3 is 1. The van der Waals surface area contributed by atoms with Gasteiger partial charge in [-0.15, -0.1) is 0 Å². The first-order chi connectivity index (χ1) is 10.1. The van der Waals surface area contributed by atoms with E-state index in [1.807, 2.05) is 0 Å². The van der Waals surface area contributed by atoms with Crippen molar-refractivity contribution < 1.29 is 19.0 Å². The largest absolute Gasteiger partial charge is 0.465 e. The van der Waals surface area contributed by atoms with E-state index < -0.39 is 5.97 Å². The summed E-state index contributed by atoms with van der Waals surface area (Å²) < 4.78 is 17.5. The van der Waals surface area contributed by atoms with Crippen LogP contribution < -0.4 is 0 Å². The van der Waals surface area contributed by atoms with E-state index >= 15 is 0 Å². The van der Waals surface area contributed by atoms with Crippen molar-refractivity contribution in [2.24, 2.45) is 0 Å². The molecule has 21 heavy (non-hydrogen) atoms. The number of benzene rings is 2. The number of aliphatic hydroxyl groups excluding tert-OH is 1. The molecular formula is C17H15FO3. The van der Waals surface area contributed by atoms with Gasteiger partial charge >= 0.3 is 5.97 Å². The fourth-order valence-electron chi connectivity index (χ4n) is 1.92. The van der Waals surface area contributed by atoms with Gasteiger partial charge in [0, 0.05) is 0 Å². The highest BCUT2D eigenvalue weighted by atomic mass is 19.1. The molecule has 0 aliphatic rings. The summed E-state index contributed by atoms with van der Waals surface area (Å²) in [6, 6.07) is 12.7. The second-order valence-corrected chi connectivity index (χ2v) is 4.45. The highest BCUT2D eigenvalue weighted by Gasteiger charge is 2.05. The highest BCUT2D eigenvalue weighted by molar-refractivity contribution is 5.90. The normalized spacial score (nSPS) is 11.3. The molecule has 2 aromatic carbocycles. The zero-order valence-electron chi connectivity index (χ0n) is 11.5. The first-order valence-electron chi connectivity index (χ1n) is 6.40. The average molecular weight is 286 g/mol. The summed E-state index contributed by atoms with van der Waals surface area (Å²) in [5.41, 5.74) is 2.70. The van der Waals surface area contributed by atoms with Crippen molar-refractivity contribution >= 4 is 17.6 Å². The fraction of sp³-hybridized carbons (Fsp3) is 0.118. The zero-order chi connectivity index (χ0) is 15.2. The van der Waals surface area contributed by atoms with Gasteiger partial charge in [-0.05, 0) is 47.0 Å². The summed E-state index contributed by atoms with van der Waals surface area (Å²) in [4.78, 5) is 11.3. The quantitative estimate of drug-likeness (QED) is 0.693. The standard InChI is InChI=1S/C17H15FO3/c1-21-17(20)14-4-2-12(3-5-14)10-15(11-19)13-6-8-16(18)9-7-13/h2-10,19H,11H2,1H3/b15-10-. The summed E-state index contributed by atoms with van der Waals surface area (Å²) >= 11 is 0. The number of esters is 1. The van der Waals surface area contributed by atoms with E-state index in [9.17, 15) is 14.3 Å². The van der Waals surface area contributed by atoms with Crippen LogP contribution >= 0.6 is 0 Å². The van der Waals surface area contributed by atoms with Crippen LogP contribution in [0, 0.1) is 5.82 Å². The van der Waals surface area contributed by atoms with Crippen LogP contribution in [0.2, 0.25) is 0 Å². The third kappa shape index (κ3) is 3.77. The first kappa shape index (κ1) is 14.9. The lowest BCUT2D eigenvalue weighted by molar-refractivity contribution is 0.0600. The third-order valence-electron chi connectivity index (χ3n) is 3.06. The molecule has 0 spiro atoms. The van der Waals surface area contributed by atoms with E-state index in [1.165, 1.54) is 19.2 Å². The number of ether oxygens (including phenoxy) is 1. The van der Waals surface area contributed by atoms with Crippen LogP contribution in [-0.2, 0) is 4.74 Å². The summed E-state index contributed by atoms with van der Waals surface area (Å²) in [5, 5.41) is 9.45. The molecule has 0 atom stereocenters. The number of hydrogen-bond donors (Lipinski definition) is 1. The smallest absolute Gasteiger partial charge is 0.337 e. The zero-order valence-corrected chi connectivity index (χ0v) is 11.5. The number of hydrogen-bond acceptors (Lipinski definition) is 3. The minimum Gasteiger partial charge on any atom is -0.465 e. The molecule has 0 saturated carbocycles. The van der Waals surface area contributed by atoms with Crippen molar-refractivity contribution in [1.82, 2.24) is 0 Å². The highest BCUT2D eigenvalue weighted by Crippen LogP contribution is 2.18. The minimum absolute atomic E-state index is 0.162. The summed E-state index contributed by atoms with van der Waals surface area (Å²) in [6.45, 7) is -0.162. The van der Waals surface area contributed by atoms with E-state index in [0.29, 0.717) is 11.1 Å². The lowest BCUT2D eigenvalue weighted by Crippen LogP contribution is -2.00. The molecule has 0 aliphatic heterocycles. The Morgan fingerprint density at radius 2 is 1.67 bits per heavy atom. The predicted octanol–water partition coefficient (Wildman–Crippen LogP) is 3.15. The number of halogens is 1. The molecular weight excluding hydrogens is 271 g/mol. The molecule has 108 valence electrons. The molecule has 2 rings (SSSR count). The molecule has 2 aromatic rings. The molecule has 0 amide bonds. The number of carbonyl (C=O) groups is 1. The minimum atomic E-state index is -0.397. The molecule has 0 heterocycles. The van der Waals surface area contributed by atoms with Gasteiger partial charge in [0.25, 0.3) is 0 Å². The Labute approximate surface area is 122 Å². The van der Waals surface area contributed by atoms with Crippen LogP contribution in [0.5, 0.6) is 0 Å². The summed E-state index contributed by atoms with van der Waals surface area (Å²) in [5.74, 6) is -0.718. The molecule has 4 heteroatoms. The van der Waals surface area contributed by atoms with Gasteiger partial charge in [0.05, 0.1) is 19.3 Å². The Morgan fingerprint density at radius 1 is 1.10 bits per heavy atom. The van der Waals surface area contributed by atoms with Crippen LogP contribution in [0.4, 0.5) is 4.39 Å². The molecule has 0 aromatic heterocycles. The Morgan fingerprint density at radius 3 is 2.19 bits per heavy atom. The maximum absolute atomic E-state index is 12.9. The molecule has 0 radical (unpaired) electrons. The van der Waals surface area contributed by atoms with Crippen molar-refractivity contribution in [2.45, 2.75) is 0 Å². The van der Waals surface area contributed by atoms with Crippen LogP contribution in [-0.4, -0.2) is 24.8 Å². The van der Waals surface area contributed by atoms with Crippen LogP contribution in [0.15, 0.2) is 48.5 Å². The number of aliphatic hydroxyl groups is 1. The second kappa shape index (κ2) is 6.81. The van der Waals surface area contributed by atoms with Crippen LogP contribution in [0.1, 0.15) is 21.5 Å². The SMILES string of the molecule is COC(=O)c1ccc(/C=C(/CO)c2ccc(F)cc2)cc1. The van der Waals surface area contributed by atoms with Crippen LogP contribution in [0.25, 0.3) is 11.6 Å². The molecule has 0 unspecified atom stereocenters. The molecule has 0 fully saturated rings. The van der Waals surface area contributed by atoms with Gasteiger partial charge in [0.1, 0.15) is 5.82 Å². The van der Waals surface area contributed by atoms with E-state index in [1.54, 1.807) is 42.5 Å². The third-order valence-corrected chi connectivity index (χ3v) is 3.06. The average Bonchev–Trinajstić information content (AvgIpc) is 2.53. The molecule has 3 nitrogen and oxygen atoms in total. The lowest BCUT2D eigenvalue weighted by Gasteiger charge is -2.05. The van der Waals surface area contributed by atoms with E-state index in [0.717, 1.165) is 11.1 Å². The summed E-state index contributed by atoms with van der Waals surface area (Å²) in [6.07, 6.45) is 1.79. The Balaban J connectivity index is 2.27. The topological polar surface area (TPSA) is 46.5 Å². The van der Waals surface area contributed by atoms with Crippen molar-refractivity contribution in [1.29, 1.82) is 0 Å². The van der Waals surface area contributed by atoms with Gasteiger partial charge < -0.3 is 9.84 Å². The van der Waals surface area contributed by atoms with E-state index in [4.69, 9.17) is 0 Å². The van der Waals surface area contributed by atoms with Crippen LogP contribution in [0.3, 0.4) is 0 Å². The van der Waals surface area contributed by atoms with Crippen molar-refractivity contribution in [3.8, 4) is 0 Å². The Kier molecular flexibility index (Phi) is 4.85. The molecule has 0 bridgehead atoms. The molecule has 0 aliphatic carbocycles. The van der Waals surface area contributed by atoms with Crippen molar-refractivity contribution in [3.63, 3.8) is 0 Å². The Bertz CT molecular complexity index is 643. The van der Waals surface area contributed by atoms with Crippen molar-refractivity contribution in [2.75, 3.05) is 13.7 Å². The molecule has 0 saturated heterocycles. The molecule has 1 N–H and O–H groups in total. The summed E-state index contributed by atoms with van der Waals surface area (Å²) in [7, 11) is 1.33. The predicted molar refractivity (Wildman–Crippen MR) is 79.1 cm³/mol. The first-order valence-corrected chi connectivity index (χ1v) is 6.40. The lowest BCUT2D eigenvalue weighted by atomic mass is 10.0. The van der Waals surface area contributed by atoms with Gasteiger partial charge in [-0.3, -0.25) is 0 Å². The van der Waals surface area contributed by atoms with E-state index in [-0.39, 0.29) is 12.4 Å². The number of rotatable bonds is 4. The van der Waals surface area contributed by atoms with Gasteiger partial charge in [-0.2, -0.15) is 0 Å². The van der Waals surface area contributed by atoms with Gasteiger partial charge in [-0.1, -0.05) is 24.3 Å². The maximum atomic E-state index is 12.9. The van der Waals surface area contributed by atoms with Gasteiger partial charge in [0.15, 0.2) is 0 Å².